The van der Waals surface area contributed by atoms with Crippen molar-refractivity contribution in [2.75, 3.05) is 0 Å². The van der Waals surface area contributed by atoms with E-state index in [4.69, 9.17) is 0 Å². The molecule has 0 fully saturated rings. The van der Waals surface area contributed by atoms with E-state index >= 15 is 0 Å². The van der Waals surface area contributed by atoms with Crippen LogP contribution in [0.4, 0.5) is 0 Å². The van der Waals surface area contributed by atoms with Crippen molar-refractivity contribution in [2.24, 2.45) is 0 Å². The largest absolute Gasteiger partial charge is 0.0885 e. The molecule has 0 aromatic carbocycles. The lowest BCUT2D eigenvalue weighted by molar-refractivity contribution is 0.611. The molecule has 0 amide bonds. The minimum atomic E-state index is 1.07. The summed E-state index contributed by atoms with van der Waals surface area (Å²) in [5.41, 5.74) is 0. The second-order valence-electron chi connectivity index (χ2n) is 4.02. The Labute approximate surface area is 90.8 Å². The van der Waals surface area contributed by atoms with Gasteiger partial charge in [-0.15, -0.1) is 0 Å². The van der Waals surface area contributed by atoms with E-state index in [1.54, 1.807) is 0 Å². The quantitative estimate of drug-likeness (QED) is 0.328. The Balaban J connectivity index is 2.94. The van der Waals surface area contributed by atoms with E-state index < -0.39 is 0 Å². The summed E-state index contributed by atoms with van der Waals surface area (Å²) in [6, 6.07) is 0. The van der Waals surface area contributed by atoms with Crippen LogP contribution >= 0.6 is 0 Å². The second kappa shape index (κ2) is 12.7. The van der Waals surface area contributed by atoms with Gasteiger partial charge in [0.25, 0.3) is 0 Å². The molecule has 0 nitrogen and oxygen atoms in total. The second-order valence-corrected chi connectivity index (χ2v) is 4.02. The van der Waals surface area contributed by atoms with Crippen LogP contribution in [0, 0.1) is 6.92 Å². The first-order valence-corrected chi connectivity index (χ1v) is 6.36. The first kappa shape index (κ1) is 13.7. The molecule has 0 aromatic rings. The van der Waals surface area contributed by atoms with Gasteiger partial charge in [-0.3, -0.25) is 0 Å². The van der Waals surface area contributed by atoms with Gasteiger partial charge >= 0.3 is 0 Å². The average Bonchev–Trinajstić information content (AvgIpc) is 2.21. The topological polar surface area (TPSA) is 0 Å². The van der Waals surface area contributed by atoms with Gasteiger partial charge in [0.05, 0.1) is 0 Å². The maximum absolute atomic E-state index is 3.83. The van der Waals surface area contributed by atoms with Crippen LogP contribution in [0.1, 0.15) is 71.1 Å². The van der Waals surface area contributed by atoms with Gasteiger partial charge in [-0.05, 0) is 25.7 Å². The van der Waals surface area contributed by atoms with Gasteiger partial charge in [0.1, 0.15) is 0 Å². The van der Waals surface area contributed by atoms with Gasteiger partial charge in [-0.2, -0.15) is 0 Å². The van der Waals surface area contributed by atoms with E-state index in [-0.39, 0.29) is 0 Å². The molecule has 0 heteroatoms. The Morgan fingerprint density at radius 1 is 0.786 bits per heavy atom. The van der Waals surface area contributed by atoms with Crippen molar-refractivity contribution < 1.29 is 0 Å². The Hall–Kier alpha value is -0.260. The van der Waals surface area contributed by atoms with Crippen molar-refractivity contribution in [3.8, 4) is 0 Å². The number of rotatable bonds is 10. The van der Waals surface area contributed by atoms with Crippen molar-refractivity contribution in [1.29, 1.82) is 0 Å². The normalized spacial score (nSPS) is 11.3. The summed E-state index contributed by atoms with van der Waals surface area (Å²) < 4.78 is 0. The highest BCUT2D eigenvalue weighted by Gasteiger charge is 1.87. The Morgan fingerprint density at radius 2 is 1.36 bits per heavy atom. The third-order valence-corrected chi connectivity index (χ3v) is 2.51. The fourth-order valence-electron chi connectivity index (χ4n) is 1.54. The highest BCUT2D eigenvalue weighted by atomic mass is 13.9. The molecule has 0 bridgehead atoms. The van der Waals surface area contributed by atoms with E-state index in [9.17, 15) is 0 Å². The molecule has 0 saturated heterocycles. The summed E-state index contributed by atoms with van der Waals surface area (Å²) in [5, 5.41) is 0. The van der Waals surface area contributed by atoms with Crippen LogP contribution in [0.15, 0.2) is 12.2 Å². The summed E-state index contributed by atoms with van der Waals surface area (Å²) in [5.74, 6) is 0. The predicted molar refractivity (Wildman–Crippen MR) is 66.3 cm³/mol. The molecule has 0 aromatic heterocycles. The summed E-state index contributed by atoms with van der Waals surface area (Å²) in [7, 11) is 0. The highest BCUT2D eigenvalue weighted by Crippen LogP contribution is 2.07. The number of hydrogen-bond acceptors (Lipinski definition) is 0. The lowest BCUT2D eigenvalue weighted by Gasteiger charge is -1.97. The van der Waals surface area contributed by atoms with Crippen LogP contribution < -0.4 is 0 Å². The molecular formula is C14H27. The van der Waals surface area contributed by atoms with Crippen LogP contribution in [0.5, 0.6) is 0 Å². The highest BCUT2D eigenvalue weighted by molar-refractivity contribution is 4.81. The van der Waals surface area contributed by atoms with Crippen molar-refractivity contribution in [2.45, 2.75) is 71.1 Å². The molecule has 0 spiro atoms. The van der Waals surface area contributed by atoms with Crippen LogP contribution in [0.2, 0.25) is 0 Å². The Kier molecular flexibility index (Phi) is 12.5. The van der Waals surface area contributed by atoms with E-state index in [1.807, 2.05) is 0 Å². The van der Waals surface area contributed by atoms with Gasteiger partial charge in [0.2, 0.25) is 0 Å². The maximum Gasteiger partial charge on any atom is -0.0351 e. The molecule has 1 radical (unpaired) electrons. The SMILES string of the molecule is [CH2]CCCC=CCCCCCCCC. The molecule has 0 atom stereocenters. The average molecular weight is 195 g/mol. The van der Waals surface area contributed by atoms with E-state index in [0.717, 1.165) is 6.42 Å². The number of allylic oxidation sites excluding steroid dienone is 2. The fraction of sp³-hybridized carbons (Fsp3) is 0.786. The lowest BCUT2D eigenvalue weighted by Crippen LogP contribution is -1.77. The van der Waals surface area contributed by atoms with Gasteiger partial charge in [0.15, 0.2) is 0 Å². The summed E-state index contributed by atoms with van der Waals surface area (Å²) in [4.78, 5) is 0. The van der Waals surface area contributed by atoms with Crippen LogP contribution in [0.3, 0.4) is 0 Å². The fourth-order valence-corrected chi connectivity index (χ4v) is 1.54. The third-order valence-electron chi connectivity index (χ3n) is 2.51. The lowest BCUT2D eigenvalue weighted by atomic mass is 10.1. The summed E-state index contributed by atoms with van der Waals surface area (Å²) in [6.45, 7) is 6.10. The van der Waals surface area contributed by atoms with Gasteiger partial charge in [0, 0.05) is 0 Å². The van der Waals surface area contributed by atoms with Crippen LogP contribution in [0.25, 0.3) is 0 Å². The minimum absolute atomic E-state index is 1.07. The van der Waals surface area contributed by atoms with Crippen molar-refractivity contribution in [3.05, 3.63) is 19.1 Å². The van der Waals surface area contributed by atoms with Crippen LogP contribution in [-0.2, 0) is 0 Å². The minimum Gasteiger partial charge on any atom is -0.0885 e. The zero-order chi connectivity index (χ0) is 10.5. The zero-order valence-corrected chi connectivity index (χ0v) is 9.93. The first-order valence-electron chi connectivity index (χ1n) is 6.36. The molecule has 0 saturated carbocycles. The molecule has 0 N–H and O–H groups in total. The summed E-state index contributed by atoms with van der Waals surface area (Å²) in [6.07, 6.45) is 17.9. The smallest absolute Gasteiger partial charge is 0.0351 e. The standard InChI is InChI=1S/C14H27/c1-3-5-7-9-11-13-14-12-10-8-6-4-2/h9,11H,1,3-8,10,12-14H2,2H3. The van der Waals surface area contributed by atoms with Gasteiger partial charge in [-0.1, -0.05) is 64.5 Å². The molecular weight excluding hydrogens is 168 g/mol. The summed E-state index contributed by atoms with van der Waals surface area (Å²) >= 11 is 0. The monoisotopic (exact) mass is 195 g/mol. The Morgan fingerprint density at radius 3 is 2.00 bits per heavy atom. The molecule has 0 aliphatic rings. The molecule has 0 heterocycles. The van der Waals surface area contributed by atoms with Crippen LogP contribution in [-0.4, -0.2) is 0 Å². The Bertz CT molecular complexity index is 113. The molecule has 0 aliphatic carbocycles. The molecule has 0 aliphatic heterocycles. The molecule has 14 heavy (non-hydrogen) atoms. The molecule has 0 unspecified atom stereocenters. The predicted octanol–water partition coefficient (Wildman–Crippen LogP) is 5.30. The molecule has 0 rings (SSSR count). The molecule has 83 valence electrons. The number of hydrogen-bond donors (Lipinski definition) is 0. The van der Waals surface area contributed by atoms with Crippen molar-refractivity contribution >= 4 is 0 Å². The van der Waals surface area contributed by atoms with Gasteiger partial charge < -0.3 is 0 Å². The van der Waals surface area contributed by atoms with Gasteiger partial charge in [-0.25, -0.2) is 0 Å². The van der Waals surface area contributed by atoms with E-state index in [1.165, 1.54) is 57.8 Å². The third kappa shape index (κ3) is 11.7. The van der Waals surface area contributed by atoms with Crippen molar-refractivity contribution in [3.63, 3.8) is 0 Å². The zero-order valence-electron chi connectivity index (χ0n) is 9.93. The maximum atomic E-state index is 3.83. The first-order chi connectivity index (χ1) is 6.91. The van der Waals surface area contributed by atoms with E-state index in [2.05, 4.69) is 26.0 Å². The van der Waals surface area contributed by atoms with E-state index in [0.29, 0.717) is 0 Å². The van der Waals surface area contributed by atoms with Crippen molar-refractivity contribution in [1.82, 2.24) is 0 Å². The number of unbranched alkanes of at least 4 members (excludes halogenated alkanes) is 8.